The van der Waals surface area contributed by atoms with Crippen molar-refractivity contribution >= 4 is 0 Å². The second-order valence-corrected chi connectivity index (χ2v) is 3.75. The van der Waals surface area contributed by atoms with Gasteiger partial charge in [0.2, 0.25) is 0 Å². The van der Waals surface area contributed by atoms with Gasteiger partial charge in [0, 0.05) is 5.56 Å². The van der Waals surface area contributed by atoms with Gasteiger partial charge in [-0.05, 0) is 43.3 Å². The Bertz CT molecular complexity index is 490. The van der Waals surface area contributed by atoms with Crippen LogP contribution in [0, 0.1) is 12.7 Å². The van der Waals surface area contributed by atoms with Crippen molar-refractivity contribution in [1.29, 1.82) is 0 Å². The van der Waals surface area contributed by atoms with Gasteiger partial charge in [-0.1, -0.05) is 6.07 Å². The van der Waals surface area contributed by atoms with Gasteiger partial charge in [0.15, 0.2) is 0 Å². The third-order valence-corrected chi connectivity index (χ3v) is 2.55. The molecule has 0 spiro atoms. The molecule has 16 heavy (non-hydrogen) atoms. The number of hydrogen-bond acceptors (Lipinski definition) is 2. The van der Waals surface area contributed by atoms with E-state index in [0.717, 1.165) is 16.9 Å². The second kappa shape index (κ2) is 4.49. The first-order valence-electron chi connectivity index (χ1n) is 5.20. The van der Waals surface area contributed by atoms with Crippen LogP contribution in [0.5, 0.6) is 0 Å². The van der Waals surface area contributed by atoms with Gasteiger partial charge >= 0.3 is 0 Å². The van der Waals surface area contributed by atoms with E-state index in [2.05, 4.69) is 5.32 Å². The molecule has 0 aliphatic rings. The van der Waals surface area contributed by atoms with E-state index < -0.39 is 0 Å². The smallest absolute Gasteiger partial charge is 0.126 e. The fourth-order valence-corrected chi connectivity index (χ4v) is 1.71. The van der Waals surface area contributed by atoms with Crippen LogP contribution in [0.15, 0.2) is 34.9 Å². The van der Waals surface area contributed by atoms with E-state index in [0.29, 0.717) is 12.1 Å². The van der Waals surface area contributed by atoms with E-state index in [1.54, 1.807) is 19.3 Å². The quantitative estimate of drug-likeness (QED) is 0.858. The van der Waals surface area contributed by atoms with Crippen molar-refractivity contribution in [2.24, 2.45) is 0 Å². The third kappa shape index (κ3) is 1.99. The Balaban J connectivity index is 2.42. The van der Waals surface area contributed by atoms with Gasteiger partial charge < -0.3 is 9.73 Å². The van der Waals surface area contributed by atoms with E-state index in [9.17, 15) is 4.39 Å². The normalized spacial score (nSPS) is 10.7. The van der Waals surface area contributed by atoms with Crippen molar-refractivity contribution in [1.82, 2.24) is 5.32 Å². The second-order valence-electron chi connectivity index (χ2n) is 3.75. The number of nitrogens with one attached hydrogen (secondary N) is 1. The predicted molar refractivity (Wildman–Crippen MR) is 61.6 cm³/mol. The van der Waals surface area contributed by atoms with Gasteiger partial charge in [-0.2, -0.15) is 0 Å². The highest BCUT2D eigenvalue weighted by atomic mass is 19.1. The van der Waals surface area contributed by atoms with Crippen molar-refractivity contribution in [3.63, 3.8) is 0 Å². The zero-order valence-electron chi connectivity index (χ0n) is 9.38. The molecule has 0 radical (unpaired) electrons. The van der Waals surface area contributed by atoms with Gasteiger partial charge in [0.25, 0.3) is 0 Å². The van der Waals surface area contributed by atoms with Gasteiger partial charge in [0.05, 0.1) is 12.8 Å². The molecule has 0 aliphatic heterocycles. The zero-order chi connectivity index (χ0) is 11.5. The molecule has 0 unspecified atom stereocenters. The Kier molecular flexibility index (Phi) is 3.06. The molecule has 1 aromatic carbocycles. The lowest BCUT2D eigenvalue weighted by molar-refractivity contribution is 0.497. The number of hydrogen-bond donors (Lipinski definition) is 1. The predicted octanol–water partition coefficient (Wildman–Crippen LogP) is 3.11. The summed E-state index contributed by atoms with van der Waals surface area (Å²) in [5.74, 6) is 0.691. The Hall–Kier alpha value is -1.61. The first-order valence-corrected chi connectivity index (χ1v) is 5.20. The van der Waals surface area contributed by atoms with Crippen LogP contribution >= 0.6 is 0 Å². The van der Waals surface area contributed by atoms with Crippen molar-refractivity contribution < 1.29 is 8.81 Å². The number of furan rings is 1. The van der Waals surface area contributed by atoms with Crippen LogP contribution in [0.25, 0.3) is 11.1 Å². The van der Waals surface area contributed by atoms with Crippen LogP contribution in [0.3, 0.4) is 0 Å². The van der Waals surface area contributed by atoms with E-state index in [1.807, 2.05) is 19.2 Å². The summed E-state index contributed by atoms with van der Waals surface area (Å²) in [5, 5.41) is 3.04. The van der Waals surface area contributed by atoms with Crippen LogP contribution in [0.1, 0.15) is 11.3 Å². The molecule has 0 saturated heterocycles. The Morgan fingerprint density at radius 1 is 1.31 bits per heavy atom. The highest BCUT2D eigenvalue weighted by Crippen LogP contribution is 2.26. The summed E-state index contributed by atoms with van der Waals surface area (Å²) in [6.45, 7) is 2.43. The molecule has 0 bridgehead atoms. The first-order chi connectivity index (χ1) is 7.72. The molecule has 3 heteroatoms. The van der Waals surface area contributed by atoms with E-state index in [-0.39, 0.29) is 5.82 Å². The molecular formula is C13H14FNO. The number of aryl methyl sites for hydroxylation is 1. The highest BCUT2D eigenvalue weighted by Gasteiger charge is 2.09. The average Bonchev–Trinajstić information content (AvgIpc) is 2.71. The van der Waals surface area contributed by atoms with E-state index in [4.69, 9.17) is 4.42 Å². The summed E-state index contributed by atoms with van der Waals surface area (Å²) in [7, 11) is 1.86. The molecule has 1 N–H and O–H groups in total. The maximum atomic E-state index is 13.2. The fraction of sp³-hybridized carbons (Fsp3) is 0.231. The molecule has 2 rings (SSSR count). The zero-order valence-corrected chi connectivity index (χ0v) is 9.38. The van der Waals surface area contributed by atoms with Crippen LogP contribution in [0.2, 0.25) is 0 Å². The Morgan fingerprint density at radius 3 is 2.81 bits per heavy atom. The largest absolute Gasteiger partial charge is 0.467 e. The van der Waals surface area contributed by atoms with Crippen molar-refractivity contribution in [3.05, 3.63) is 47.7 Å². The summed E-state index contributed by atoms with van der Waals surface area (Å²) in [6, 6.07) is 6.99. The first kappa shape index (κ1) is 10.9. The van der Waals surface area contributed by atoms with Crippen LogP contribution in [-0.2, 0) is 6.54 Å². The molecule has 2 nitrogen and oxygen atoms in total. The molecule has 0 saturated carbocycles. The molecule has 0 amide bonds. The fourth-order valence-electron chi connectivity index (χ4n) is 1.71. The summed E-state index contributed by atoms with van der Waals surface area (Å²) in [6.07, 6.45) is 1.65. The molecule has 0 fully saturated rings. The lowest BCUT2D eigenvalue weighted by Gasteiger charge is -2.04. The van der Waals surface area contributed by atoms with Crippen LogP contribution in [0.4, 0.5) is 4.39 Å². The van der Waals surface area contributed by atoms with E-state index in [1.165, 1.54) is 6.07 Å². The number of rotatable bonds is 3. The minimum atomic E-state index is -0.178. The summed E-state index contributed by atoms with van der Waals surface area (Å²) < 4.78 is 18.5. The summed E-state index contributed by atoms with van der Waals surface area (Å²) in [5.41, 5.74) is 2.64. The number of halogens is 1. The van der Waals surface area contributed by atoms with Gasteiger partial charge in [-0.25, -0.2) is 4.39 Å². The van der Waals surface area contributed by atoms with Crippen molar-refractivity contribution in [3.8, 4) is 11.1 Å². The molecule has 1 heterocycles. The van der Waals surface area contributed by atoms with E-state index >= 15 is 0 Å². The maximum Gasteiger partial charge on any atom is 0.126 e. The third-order valence-electron chi connectivity index (χ3n) is 2.55. The van der Waals surface area contributed by atoms with Crippen molar-refractivity contribution in [2.75, 3.05) is 7.05 Å². The maximum absolute atomic E-state index is 13.2. The molecule has 0 aliphatic carbocycles. The molecule has 1 aromatic heterocycles. The topological polar surface area (TPSA) is 25.2 Å². The lowest BCUT2D eigenvalue weighted by atomic mass is 10.0. The molecule has 0 atom stereocenters. The van der Waals surface area contributed by atoms with Gasteiger partial charge in [-0.15, -0.1) is 0 Å². The molecule has 84 valence electrons. The molecular weight excluding hydrogens is 205 g/mol. The minimum absolute atomic E-state index is 0.178. The summed E-state index contributed by atoms with van der Waals surface area (Å²) in [4.78, 5) is 0. The van der Waals surface area contributed by atoms with Crippen LogP contribution < -0.4 is 5.32 Å². The van der Waals surface area contributed by atoms with Crippen LogP contribution in [-0.4, -0.2) is 7.05 Å². The highest BCUT2D eigenvalue weighted by molar-refractivity contribution is 5.66. The average molecular weight is 219 g/mol. The summed E-state index contributed by atoms with van der Waals surface area (Å²) >= 11 is 0. The molecule has 2 aromatic rings. The Morgan fingerprint density at radius 2 is 2.12 bits per heavy atom. The standard InChI is InChI=1S/C13H14FNO/c1-9-7-10(3-4-12(9)14)11-5-6-16-13(11)8-15-2/h3-7,15H,8H2,1-2H3. The van der Waals surface area contributed by atoms with Gasteiger partial charge in [-0.3, -0.25) is 0 Å². The SMILES string of the molecule is CNCc1occc1-c1ccc(F)c(C)c1. The minimum Gasteiger partial charge on any atom is -0.467 e. The van der Waals surface area contributed by atoms with Crippen molar-refractivity contribution in [2.45, 2.75) is 13.5 Å². The number of benzene rings is 1. The van der Waals surface area contributed by atoms with Gasteiger partial charge in [0.1, 0.15) is 11.6 Å². The monoisotopic (exact) mass is 219 g/mol. The Labute approximate surface area is 94.1 Å². The lowest BCUT2D eigenvalue weighted by Crippen LogP contribution is -2.04.